The molecular formula is C13H19N3O2. The van der Waals surface area contributed by atoms with E-state index in [0.29, 0.717) is 11.4 Å². The Morgan fingerprint density at radius 1 is 1.22 bits per heavy atom. The Morgan fingerprint density at radius 2 is 1.89 bits per heavy atom. The molecule has 0 spiro atoms. The molecule has 0 aliphatic heterocycles. The molecule has 2 N–H and O–H groups in total. The van der Waals surface area contributed by atoms with Gasteiger partial charge in [0, 0.05) is 23.7 Å². The van der Waals surface area contributed by atoms with Gasteiger partial charge in [0.15, 0.2) is 0 Å². The molecule has 0 aliphatic rings. The third-order valence-corrected chi connectivity index (χ3v) is 2.22. The van der Waals surface area contributed by atoms with Crippen LogP contribution in [0, 0.1) is 5.92 Å². The van der Waals surface area contributed by atoms with Crippen molar-refractivity contribution in [2.24, 2.45) is 5.92 Å². The molecule has 1 aromatic rings. The highest BCUT2D eigenvalue weighted by molar-refractivity contribution is 5.96. The summed E-state index contributed by atoms with van der Waals surface area (Å²) in [7, 11) is 0. The van der Waals surface area contributed by atoms with Crippen molar-refractivity contribution in [3.05, 3.63) is 23.9 Å². The third-order valence-electron chi connectivity index (χ3n) is 2.22. The zero-order chi connectivity index (χ0) is 13.7. The summed E-state index contributed by atoms with van der Waals surface area (Å²) in [5.74, 6) is -0.0265. The van der Waals surface area contributed by atoms with Crippen molar-refractivity contribution in [2.45, 2.75) is 33.7 Å². The van der Waals surface area contributed by atoms with Crippen LogP contribution in [0.3, 0.4) is 0 Å². The summed E-state index contributed by atoms with van der Waals surface area (Å²) in [6.07, 6.45) is 1.51. The maximum Gasteiger partial charge on any atom is 0.251 e. The van der Waals surface area contributed by atoms with E-state index in [9.17, 15) is 9.59 Å². The van der Waals surface area contributed by atoms with Gasteiger partial charge in [0.1, 0.15) is 5.82 Å². The van der Waals surface area contributed by atoms with Gasteiger partial charge in [0.25, 0.3) is 5.91 Å². The Kier molecular flexibility index (Phi) is 4.83. The van der Waals surface area contributed by atoms with E-state index in [1.165, 1.54) is 6.20 Å². The number of rotatable bonds is 4. The van der Waals surface area contributed by atoms with Gasteiger partial charge < -0.3 is 10.6 Å². The molecule has 0 fully saturated rings. The molecule has 2 amide bonds. The van der Waals surface area contributed by atoms with E-state index in [4.69, 9.17) is 0 Å². The highest BCUT2D eigenvalue weighted by atomic mass is 16.2. The Labute approximate surface area is 107 Å². The van der Waals surface area contributed by atoms with Crippen molar-refractivity contribution in [1.29, 1.82) is 0 Å². The lowest BCUT2D eigenvalue weighted by molar-refractivity contribution is -0.118. The molecule has 18 heavy (non-hydrogen) atoms. The summed E-state index contributed by atoms with van der Waals surface area (Å²) in [6.45, 7) is 7.37. The van der Waals surface area contributed by atoms with E-state index in [0.717, 1.165) is 0 Å². The Balaban J connectivity index is 2.79. The predicted octanol–water partition coefficient (Wildman–Crippen LogP) is 1.81. The molecule has 0 radical (unpaired) electrons. The van der Waals surface area contributed by atoms with Crippen molar-refractivity contribution >= 4 is 17.6 Å². The van der Waals surface area contributed by atoms with Crippen molar-refractivity contribution in [1.82, 2.24) is 10.3 Å². The number of aromatic nitrogens is 1. The standard InChI is InChI=1S/C13H19N3O2/c1-8(2)12(17)16-11-7-10(5-6-14-11)13(18)15-9(3)4/h5-9H,1-4H3,(H,15,18)(H,14,16,17). The second-order valence-corrected chi connectivity index (χ2v) is 4.70. The van der Waals surface area contributed by atoms with Gasteiger partial charge >= 0.3 is 0 Å². The largest absolute Gasteiger partial charge is 0.350 e. The molecule has 0 bridgehead atoms. The van der Waals surface area contributed by atoms with E-state index < -0.39 is 0 Å². The molecule has 0 aliphatic carbocycles. The smallest absolute Gasteiger partial charge is 0.251 e. The van der Waals surface area contributed by atoms with E-state index >= 15 is 0 Å². The van der Waals surface area contributed by atoms with Crippen molar-refractivity contribution in [3.8, 4) is 0 Å². The normalized spacial score (nSPS) is 10.6. The van der Waals surface area contributed by atoms with Crippen LogP contribution in [0.4, 0.5) is 5.82 Å². The second kappa shape index (κ2) is 6.14. The fraction of sp³-hybridized carbons (Fsp3) is 0.462. The van der Waals surface area contributed by atoms with E-state index in [-0.39, 0.29) is 23.8 Å². The molecule has 0 saturated carbocycles. The molecule has 0 aromatic carbocycles. The maximum absolute atomic E-state index is 11.8. The first kappa shape index (κ1) is 14.2. The zero-order valence-electron chi connectivity index (χ0n) is 11.2. The molecule has 0 saturated heterocycles. The number of anilines is 1. The fourth-order valence-electron chi connectivity index (χ4n) is 1.26. The Hall–Kier alpha value is -1.91. The first-order valence-electron chi connectivity index (χ1n) is 5.98. The molecule has 1 aromatic heterocycles. The number of hydrogen-bond donors (Lipinski definition) is 2. The number of amides is 2. The zero-order valence-corrected chi connectivity index (χ0v) is 11.2. The lowest BCUT2D eigenvalue weighted by Crippen LogP contribution is -2.30. The molecule has 1 heterocycles. The van der Waals surface area contributed by atoms with Crippen LogP contribution in [0.25, 0.3) is 0 Å². The minimum Gasteiger partial charge on any atom is -0.350 e. The van der Waals surface area contributed by atoms with Crippen molar-refractivity contribution in [3.63, 3.8) is 0 Å². The molecular weight excluding hydrogens is 230 g/mol. The van der Waals surface area contributed by atoms with Gasteiger partial charge in [-0.05, 0) is 26.0 Å². The number of nitrogens with zero attached hydrogens (tertiary/aromatic N) is 1. The van der Waals surface area contributed by atoms with Crippen LogP contribution < -0.4 is 10.6 Å². The number of nitrogens with one attached hydrogen (secondary N) is 2. The van der Waals surface area contributed by atoms with Gasteiger partial charge in [-0.2, -0.15) is 0 Å². The van der Waals surface area contributed by atoms with Gasteiger partial charge in [0.05, 0.1) is 0 Å². The summed E-state index contributed by atoms with van der Waals surface area (Å²) in [6, 6.07) is 3.25. The van der Waals surface area contributed by atoms with Crippen LogP contribution in [0.5, 0.6) is 0 Å². The minimum atomic E-state index is -0.174. The Bertz CT molecular complexity index is 442. The topological polar surface area (TPSA) is 71.1 Å². The summed E-state index contributed by atoms with van der Waals surface area (Å²) in [5, 5.41) is 5.44. The summed E-state index contributed by atoms with van der Waals surface area (Å²) >= 11 is 0. The molecule has 98 valence electrons. The lowest BCUT2D eigenvalue weighted by Gasteiger charge is -2.10. The molecule has 5 nitrogen and oxygen atoms in total. The average molecular weight is 249 g/mol. The van der Waals surface area contributed by atoms with Gasteiger partial charge in [-0.15, -0.1) is 0 Å². The van der Waals surface area contributed by atoms with E-state index in [1.54, 1.807) is 26.0 Å². The molecule has 1 rings (SSSR count). The highest BCUT2D eigenvalue weighted by Crippen LogP contribution is 2.08. The summed E-state index contributed by atoms with van der Waals surface area (Å²) in [4.78, 5) is 27.3. The highest BCUT2D eigenvalue weighted by Gasteiger charge is 2.11. The van der Waals surface area contributed by atoms with E-state index in [1.807, 2.05) is 13.8 Å². The van der Waals surface area contributed by atoms with Crippen LogP contribution >= 0.6 is 0 Å². The van der Waals surface area contributed by atoms with Crippen LogP contribution in [-0.4, -0.2) is 22.8 Å². The SMILES string of the molecule is CC(C)NC(=O)c1ccnc(NC(=O)C(C)C)c1. The first-order chi connectivity index (χ1) is 8.40. The predicted molar refractivity (Wildman–Crippen MR) is 70.3 cm³/mol. The van der Waals surface area contributed by atoms with Gasteiger partial charge in [-0.1, -0.05) is 13.8 Å². The van der Waals surface area contributed by atoms with E-state index in [2.05, 4.69) is 15.6 Å². The number of hydrogen-bond acceptors (Lipinski definition) is 3. The van der Waals surface area contributed by atoms with Gasteiger partial charge in [0.2, 0.25) is 5.91 Å². The third kappa shape index (κ3) is 4.16. The summed E-state index contributed by atoms with van der Waals surface area (Å²) in [5.41, 5.74) is 0.484. The Morgan fingerprint density at radius 3 is 2.44 bits per heavy atom. The van der Waals surface area contributed by atoms with Crippen LogP contribution in [-0.2, 0) is 4.79 Å². The molecule has 0 atom stereocenters. The first-order valence-corrected chi connectivity index (χ1v) is 5.98. The second-order valence-electron chi connectivity index (χ2n) is 4.70. The number of pyridine rings is 1. The minimum absolute atomic E-state index is 0.0689. The van der Waals surface area contributed by atoms with Crippen molar-refractivity contribution in [2.75, 3.05) is 5.32 Å². The van der Waals surface area contributed by atoms with Crippen LogP contribution in [0.2, 0.25) is 0 Å². The van der Waals surface area contributed by atoms with Gasteiger partial charge in [-0.3, -0.25) is 9.59 Å². The van der Waals surface area contributed by atoms with Crippen LogP contribution in [0.15, 0.2) is 18.3 Å². The van der Waals surface area contributed by atoms with Gasteiger partial charge in [-0.25, -0.2) is 4.98 Å². The molecule has 5 heteroatoms. The monoisotopic (exact) mass is 249 g/mol. The van der Waals surface area contributed by atoms with Crippen molar-refractivity contribution < 1.29 is 9.59 Å². The average Bonchev–Trinajstić information content (AvgIpc) is 2.28. The summed E-state index contributed by atoms with van der Waals surface area (Å²) < 4.78 is 0. The number of carbonyl (C=O) groups excluding carboxylic acids is 2. The molecule has 0 unspecified atom stereocenters. The van der Waals surface area contributed by atoms with Crippen LogP contribution in [0.1, 0.15) is 38.1 Å². The maximum atomic E-state index is 11.8. The quantitative estimate of drug-likeness (QED) is 0.855. The lowest BCUT2D eigenvalue weighted by atomic mass is 10.2. The number of carbonyl (C=O) groups is 2. The fourth-order valence-corrected chi connectivity index (χ4v) is 1.26.